The van der Waals surface area contributed by atoms with Crippen molar-refractivity contribution in [2.75, 3.05) is 17.7 Å². The molecule has 0 bridgehead atoms. The van der Waals surface area contributed by atoms with Crippen molar-refractivity contribution >= 4 is 17.3 Å². The number of nitrogen functional groups attached to an aromatic ring is 1. The molecule has 1 aliphatic rings. The third-order valence-corrected chi connectivity index (χ3v) is 2.83. The van der Waals surface area contributed by atoms with Crippen LogP contribution < -0.4 is 11.1 Å². The van der Waals surface area contributed by atoms with Gasteiger partial charge in [-0.25, -0.2) is 0 Å². The fraction of sp³-hybridized carbons (Fsp3) is 0.417. The van der Waals surface area contributed by atoms with E-state index in [1.807, 2.05) is 0 Å². The van der Waals surface area contributed by atoms with Gasteiger partial charge in [-0.2, -0.15) is 13.2 Å². The molecule has 1 fully saturated rings. The normalized spacial score (nSPS) is 19.4. The number of hydrogen-bond acceptors (Lipinski definition) is 3. The lowest BCUT2D eigenvalue weighted by Gasteiger charge is -2.16. The minimum absolute atomic E-state index is 0.0116. The molecule has 1 heterocycles. The van der Waals surface area contributed by atoms with Gasteiger partial charge in [0.2, 0.25) is 0 Å². The molecule has 0 aliphatic carbocycles. The highest BCUT2D eigenvalue weighted by atomic mass is 19.4. The van der Waals surface area contributed by atoms with E-state index in [2.05, 4.69) is 5.32 Å². The molecule has 19 heavy (non-hydrogen) atoms. The summed E-state index contributed by atoms with van der Waals surface area (Å²) in [5.41, 5.74) is 4.07. The maximum Gasteiger partial charge on any atom is 0.418 e. The topological polar surface area (TPSA) is 64.3 Å². The van der Waals surface area contributed by atoms with Crippen LogP contribution in [0.4, 0.5) is 24.5 Å². The van der Waals surface area contributed by atoms with Crippen molar-refractivity contribution in [3.8, 4) is 0 Å². The van der Waals surface area contributed by atoms with E-state index in [0.717, 1.165) is 18.6 Å². The third kappa shape index (κ3) is 3.17. The number of ether oxygens (including phenoxy) is 1. The van der Waals surface area contributed by atoms with Gasteiger partial charge in [-0.3, -0.25) is 4.79 Å². The third-order valence-electron chi connectivity index (χ3n) is 2.83. The van der Waals surface area contributed by atoms with Crippen LogP contribution in [0.2, 0.25) is 0 Å². The number of hydrogen-bond donors (Lipinski definition) is 2. The summed E-state index contributed by atoms with van der Waals surface area (Å²) in [4.78, 5) is 11.7. The molecule has 2 rings (SSSR count). The number of benzene rings is 1. The number of nitrogens with one attached hydrogen (secondary N) is 1. The maximum atomic E-state index is 12.8. The number of alkyl halides is 3. The molecule has 7 heteroatoms. The van der Waals surface area contributed by atoms with Crippen LogP contribution in [0.25, 0.3) is 0 Å². The van der Waals surface area contributed by atoms with Crippen LogP contribution in [0.5, 0.6) is 0 Å². The minimum Gasteiger partial charge on any atom is -0.399 e. The Labute approximate surface area is 107 Å². The second kappa shape index (κ2) is 5.08. The molecule has 3 N–H and O–H groups in total. The monoisotopic (exact) mass is 274 g/mol. The van der Waals surface area contributed by atoms with Crippen molar-refractivity contribution < 1.29 is 22.7 Å². The van der Waals surface area contributed by atoms with Gasteiger partial charge in [0, 0.05) is 12.3 Å². The lowest BCUT2D eigenvalue weighted by atomic mass is 10.1. The van der Waals surface area contributed by atoms with E-state index in [-0.39, 0.29) is 11.4 Å². The van der Waals surface area contributed by atoms with Crippen molar-refractivity contribution in [3.63, 3.8) is 0 Å². The van der Waals surface area contributed by atoms with Crippen LogP contribution >= 0.6 is 0 Å². The first-order chi connectivity index (χ1) is 8.88. The highest BCUT2D eigenvalue weighted by molar-refractivity contribution is 5.95. The zero-order chi connectivity index (χ0) is 14.0. The van der Waals surface area contributed by atoms with Crippen molar-refractivity contribution in [1.82, 2.24) is 0 Å². The van der Waals surface area contributed by atoms with Gasteiger partial charge in [-0.1, -0.05) is 0 Å². The first-order valence-electron chi connectivity index (χ1n) is 5.77. The molecule has 1 amide bonds. The van der Waals surface area contributed by atoms with Crippen LogP contribution in [-0.2, 0) is 15.7 Å². The predicted octanol–water partition coefficient (Wildman–Crippen LogP) is 2.41. The highest BCUT2D eigenvalue weighted by Crippen LogP contribution is 2.36. The smallest absolute Gasteiger partial charge is 0.399 e. The van der Waals surface area contributed by atoms with Gasteiger partial charge in [0.05, 0.1) is 11.3 Å². The van der Waals surface area contributed by atoms with Crippen LogP contribution in [0, 0.1) is 0 Å². The van der Waals surface area contributed by atoms with Gasteiger partial charge in [0.15, 0.2) is 0 Å². The van der Waals surface area contributed by atoms with Crippen molar-refractivity contribution in [2.24, 2.45) is 0 Å². The van der Waals surface area contributed by atoms with E-state index in [0.29, 0.717) is 13.0 Å². The molecule has 1 unspecified atom stereocenters. The number of anilines is 2. The number of rotatable bonds is 2. The van der Waals surface area contributed by atoms with E-state index in [9.17, 15) is 18.0 Å². The van der Waals surface area contributed by atoms with Gasteiger partial charge in [-0.15, -0.1) is 0 Å². The highest BCUT2D eigenvalue weighted by Gasteiger charge is 2.35. The average Bonchev–Trinajstić information content (AvgIpc) is 2.83. The van der Waals surface area contributed by atoms with Gasteiger partial charge in [0.1, 0.15) is 6.10 Å². The van der Waals surface area contributed by atoms with Crippen LogP contribution in [0.15, 0.2) is 18.2 Å². The van der Waals surface area contributed by atoms with Crippen LogP contribution in [0.3, 0.4) is 0 Å². The molecule has 1 aliphatic heterocycles. The Balaban J connectivity index is 2.22. The summed E-state index contributed by atoms with van der Waals surface area (Å²) in [6.07, 6.45) is -4.01. The number of halogens is 3. The van der Waals surface area contributed by atoms with Crippen LogP contribution in [0.1, 0.15) is 18.4 Å². The number of carbonyl (C=O) groups excluding carboxylic acids is 1. The van der Waals surface area contributed by atoms with Crippen molar-refractivity contribution in [1.29, 1.82) is 0 Å². The van der Waals surface area contributed by atoms with Crippen molar-refractivity contribution in [3.05, 3.63) is 23.8 Å². The van der Waals surface area contributed by atoms with Gasteiger partial charge in [-0.05, 0) is 31.0 Å². The molecule has 1 atom stereocenters. The zero-order valence-electron chi connectivity index (χ0n) is 9.96. The second-order valence-electron chi connectivity index (χ2n) is 4.29. The SMILES string of the molecule is Nc1ccc(NC(=O)C2CCCO2)c(C(F)(F)F)c1. The molecule has 1 aromatic rings. The van der Waals surface area contributed by atoms with E-state index >= 15 is 0 Å². The fourth-order valence-electron chi connectivity index (χ4n) is 1.90. The predicted molar refractivity (Wildman–Crippen MR) is 63.5 cm³/mol. The molecule has 1 aromatic carbocycles. The van der Waals surface area contributed by atoms with E-state index in [1.54, 1.807) is 0 Å². The Morgan fingerprint density at radius 3 is 2.74 bits per heavy atom. The zero-order valence-corrected chi connectivity index (χ0v) is 9.96. The summed E-state index contributed by atoms with van der Waals surface area (Å²) < 4.78 is 43.6. The minimum atomic E-state index is -4.57. The molecular formula is C12H13F3N2O2. The van der Waals surface area contributed by atoms with Gasteiger partial charge < -0.3 is 15.8 Å². The van der Waals surface area contributed by atoms with Crippen molar-refractivity contribution in [2.45, 2.75) is 25.1 Å². The Morgan fingerprint density at radius 2 is 2.16 bits per heavy atom. The van der Waals surface area contributed by atoms with E-state index < -0.39 is 23.8 Å². The molecule has 1 saturated heterocycles. The molecule has 0 spiro atoms. The van der Waals surface area contributed by atoms with E-state index in [1.165, 1.54) is 6.07 Å². The first-order valence-corrected chi connectivity index (χ1v) is 5.77. The molecule has 4 nitrogen and oxygen atoms in total. The molecule has 0 aromatic heterocycles. The molecule has 0 radical (unpaired) electrons. The summed E-state index contributed by atoms with van der Waals surface area (Å²) >= 11 is 0. The first kappa shape index (κ1) is 13.7. The summed E-state index contributed by atoms with van der Waals surface area (Å²) in [5, 5.41) is 2.25. The second-order valence-corrected chi connectivity index (χ2v) is 4.29. The Kier molecular flexibility index (Phi) is 3.66. The summed E-state index contributed by atoms with van der Waals surface area (Å²) in [5.74, 6) is -0.562. The standard InChI is InChI=1S/C12H13F3N2O2/c13-12(14,15)8-6-7(16)3-4-9(8)17-11(18)10-2-1-5-19-10/h3-4,6,10H,1-2,5,16H2,(H,17,18). The molecular weight excluding hydrogens is 261 g/mol. The molecule has 0 saturated carbocycles. The fourth-order valence-corrected chi connectivity index (χ4v) is 1.90. The number of carbonyl (C=O) groups is 1. The summed E-state index contributed by atoms with van der Waals surface area (Å²) in [6, 6.07) is 3.25. The largest absolute Gasteiger partial charge is 0.418 e. The summed E-state index contributed by atoms with van der Waals surface area (Å²) in [6.45, 7) is 0.450. The van der Waals surface area contributed by atoms with Crippen LogP contribution in [-0.4, -0.2) is 18.6 Å². The van der Waals surface area contributed by atoms with Gasteiger partial charge in [0.25, 0.3) is 5.91 Å². The average molecular weight is 274 g/mol. The van der Waals surface area contributed by atoms with E-state index in [4.69, 9.17) is 10.5 Å². The number of nitrogens with two attached hydrogens (primary N) is 1. The van der Waals surface area contributed by atoms with Gasteiger partial charge >= 0.3 is 6.18 Å². The Hall–Kier alpha value is -1.76. The quantitative estimate of drug-likeness (QED) is 0.814. The number of amides is 1. The summed E-state index contributed by atoms with van der Waals surface area (Å²) in [7, 11) is 0. The Morgan fingerprint density at radius 1 is 1.42 bits per heavy atom. The molecule has 104 valence electrons. The Bertz CT molecular complexity index is 482. The maximum absolute atomic E-state index is 12.8. The lowest BCUT2D eigenvalue weighted by Crippen LogP contribution is -2.28. The lowest BCUT2D eigenvalue weighted by molar-refractivity contribution is -0.137.